The zero-order chi connectivity index (χ0) is 15.4. The molecule has 4 heteroatoms. The van der Waals surface area contributed by atoms with E-state index < -0.39 is 0 Å². The van der Waals surface area contributed by atoms with Crippen LogP contribution in [0.3, 0.4) is 0 Å². The summed E-state index contributed by atoms with van der Waals surface area (Å²) in [6.45, 7) is 10.3. The first kappa shape index (κ1) is 15.3. The summed E-state index contributed by atoms with van der Waals surface area (Å²) in [4.78, 5) is 14.1. The fourth-order valence-electron chi connectivity index (χ4n) is 2.45. The van der Waals surface area contributed by atoms with Crippen LogP contribution >= 0.6 is 0 Å². The first-order valence-corrected chi connectivity index (χ1v) is 7.44. The van der Waals surface area contributed by atoms with Gasteiger partial charge in [-0.3, -0.25) is 9.48 Å². The quantitative estimate of drug-likeness (QED) is 0.847. The first-order chi connectivity index (χ1) is 10.0. The Balaban J connectivity index is 2.12. The molecule has 0 spiro atoms. The Morgan fingerprint density at radius 1 is 1.14 bits per heavy atom. The molecule has 2 rings (SSSR count). The van der Waals surface area contributed by atoms with Crippen molar-refractivity contribution in [2.75, 3.05) is 13.1 Å². The van der Waals surface area contributed by atoms with Crippen LogP contribution in [0, 0.1) is 13.8 Å². The van der Waals surface area contributed by atoms with E-state index in [0.29, 0.717) is 0 Å². The normalized spacial score (nSPS) is 10.7. The van der Waals surface area contributed by atoms with E-state index >= 15 is 0 Å². The van der Waals surface area contributed by atoms with Crippen LogP contribution in [-0.2, 0) is 6.54 Å². The number of hydrogen-bond donors (Lipinski definition) is 0. The zero-order valence-corrected chi connectivity index (χ0v) is 13.3. The van der Waals surface area contributed by atoms with E-state index in [1.54, 1.807) is 0 Å². The molecule has 112 valence electrons. The van der Waals surface area contributed by atoms with E-state index in [-0.39, 0.29) is 5.91 Å². The molecule has 1 aromatic heterocycles. The van der Waals surface area contributed by atoms with Crippen LogP contribution in [0.15, 0.2) is 30.3 Å². The highest BCUT2D eigenvalue weighted by Crippen LogP contribution is 2.11. The van der Waals surface area contributed by atoms with Gasteiger partial charge >= 0.3 is 0 Å². The van der Waals surface area contributed by atoms with Gasteiger partial charge in [0.25, 0.3) is 5.91 Å². The minimum atomic E-state index is 0.0951. The number of aryl methyl sites for hydroxylation is 2. The van der Waals surface area contributed by atoms with Crippen LogP contribution in [0.5, 0.6) is 0 Å². The Kier molecular flexibility index (Phi) is 4.78. The van der Waals surface area contributed by atoms with Gasteiger partial charge in [0.05, 0.1) is 12.2 Å². The smallest absolute Gasteiger partial charge is 0.253 e. The molecule has 0 N–H and O–H groups in total. The molecule has 0 aliphatic heterocycles. The second kappa shape index (κ2) is 6.57. The van der Waals surface area contributed by atoms with Crippen molar-refractivity contribution in [2.45, 2.75) is 34.2 Å². The number of benzene rings is 1. The molecule has 0 saturated carbocycles. The van der Waals surface area contributed by atoms with Crippen molar-refractivity contribution in [2.24, 2.45) is 0 Å². The summed E-state index contributed by atoms with van der Waals surface area (Å²) in [5.41, 5.74) is 4.07. The molecule has 1 heterocycles. The number of hydrogen-bond acceptors (Lipinski definition) is 2. The second-order valence-electron chi connectivity index (χ2n) is 5.26. The Morgan fingerprint density at radius 3 is 2.24 bits per heavy atom. The molecule has 1 amide bonds. The van der Waals surface area contributed by atoms with Gasteiger partial charge in [-0.05, 0) is 51.5 Å². The van der Waals surface area contributed by atoms with Gasteiger partial charge in [0.2, 0.25) is 0 Å². The molecule has 0 saturated heterocycles. The van der Waals surface area contributed by atoms with Crippen LogP contribution in [0.1, 0.15) is 41.2 Å². The number of nitrogens with zero attached hydrogens (tertiary/aromatic N) is 3. The van der Waals surface area contributed by atoms with E-state index in [1.807, 2.05) is 54.6 Å². The maximum atomic E-state index is 12.2. The van der Waals surface area contributed by atoms with Crippen LogP contribution in [-0.4, -0.2) is 33.7 Å². The average Bonchev–Trinajstić information content (AvgIpc) is 2.79. The number of carbonyl (C=O) groups is 1. The van der Waals surface area contributed by atoms with Crippen molar-refractivity contribution in [3.05, 3.63) is 52.8 Å². The number of carbonyl (C=O) groups excluding carboxylic acids is 1. The van der Waals surface area contributed by atoms with Crippen molar-refractivity contribution >= 4 is 5.91 Å². The lowest BCUT2D eigenvalue weighted by Crippen LogP contribution is -2.30. The molecule has 2 aromatic rings. The van der Waals surface area contributed by atoms with Crippen LogP contribution in [0.2, 0.25) is 0 Å². The summed E-state index contributed by atoms with van der Waals surface area (Å²) >= 11 is 0. The number of aromatic nitrogens is 2. The highest BCUT2D eigenvalue weighted by atomic mass is 16.2. The Labute approximate surface area is 126 Å². The van der Waals surface area contributed by atoms with E-state index in [2.05, 4.69) is 18.1 Å². The summed E-state index contributed by atoms with van der Waals surface area (Å²) in [5.74, 6) is 0.0951. The van der Waals surface area contributed by atoms with Crippen LogP contribution < -0.4 is 0 Å². The van der Waals surface area contributed by atoms with E-state index in [9.17, 15) is 4.79 Å². The van der Waals surface area contributed by atoms with Crippen LogP contribution in [0.25, 0.3) is 0 Å². The van der Waals surface area contributed by atoms with Gasteiger partial charge in [-0.2, -0.15) is 5.10 Å². The second-order valence-corrected chi connectivity index (χ2v) is 5.26. The third kappa shape index (κ3) is 3.51. The van der Waals surface area contributed by atoms with Crippen LogP contribution in [0.4, 0.5) is 0 Å². The van der Waals surface area contributed by atoms with Gasteiger partial charge in [0.15, 0.2) is 0 Å². The Morgan fingerprint density at radius 2 is 1.76 bits per heavy atom. The van der Waals surface area contributed by atoms with Gasteiger partial charge in [-0.25, -0.2) is 0 Å². The average molecular weight is 285 g/mol. The van der Waals surface area contributed by atoms with Gasteiger partial charge in [0, 0.05) is 24.3 Å². The summed E-state index contributed by atoms with van der Waals surface area (Å²) in [5, 5.41) is 4.46. The molecule has 4 nitrogen and oxygen atoms in total. The molecule has 1 aromatic carbocycles. The first-order valence-electron chi connectivity index (χ1n) is 7.44. The monoisotopic (exact) mass is 285 g/mol. The Hall–Kier alpha value is -2.10. The summed E-state index contributed by atoms with van der Waals surface area (Å²) < 4.78 is 1.98. The molecule has 0 aliphatic carbocycles. The topological polar surface area (TPSA) is 38.1 Å². The maximum absolute atomic E-state index is 12.2. The van der Waals surface area contributed by atoms with Crippen molar-refractivity contribution in [1.82, 2.24) is 14.7 Å². The molecule has 0 atom stereocenters. The fourth-order valence-corrected chi connectivity index (χ4v) is 2.45. The maximum Gasteiger partial charge on any atom is 0.253 e. The lowest BCUT2D eigenvalue weighted by molar-refractivity contribution is 0.0773. The largest absolute Gasteiger partial charge is 0.339 e. The summed E-state index contributed by atoms with van der Waals surface area (Å²) in [6.07, 6.45) is 0. The Bertz CT molecular complexity index is 609. The standard InChI is InChI=1S/C17H23N3O/c1-5-19(6-2)17(21)16-9-7-15(8-10-16)12-20-14(4)11-13(3)18-20/h7-11H,5-6,12H2,1-4H3. The van der Waals surface area contributed by atoms with Crippen molar-refractivity contribution in [3.63, 3.8) is 0 Å². The molecule has 0 radical (unpaired) electrons. The fraction of sp³-hybridized carbons (Fsp3) is 0.412. The third-order valence-electron chi connectivity index (χ3n) is 3.69. The molecule has 0 fully saturated rings. The molecular weight excluding hydrogens is 262 g/mol. The third-order valence-corrected chi connectivity index (χ3v) is 3.69. The van der Waals surface area contributed by atoms with Crippen molar-refractivity contribution in [3.8, 4) is 0 Å². The summed E-state index contributed by atoms with van der Waals surface area (Å²) in [6, 6.07) is 9.89. The van der Waals surface area contributed by atoms with Gasteiger partial charge in [-0.1, -0.05) is 12.1 Å². The zero-order valence-electron chi connectivity index (χ0n) is 13.3. The molecular formula is C17H23N3O. The minimum Gasteiger partial charge on any atom is -0.339 e. The highest BCUT2D eigenvalue weighted by Gasteiger charge is 2.12. The lowest BCUT2D eigenvalue weighted by Gasteiger charge is -2.18. The van der Waals surface area contributed by atoms with E-state index in [4.69, 9.17) is 0 Å². The number of rotatable bonds is 5. The van der Waals surface area contributed by atoms with Crippen molar-refractivity contribution < 1.29 is 4.79 Å². The molecule has 0 unspecified atom stereocenters. The van der Waals surface area contributed by atoms with Gasteiger partial charge in [0.1, 0.15) is 0 Å². The number of amides is 1. The molecule has 21 heavy (non-hydrogen) atoms. The highest BCUT2D eigenvalue weighted by molar-refractivity contribution is 5.94. The predicted octanol–water partition coefficient (Wildman–Crippen LogP) is 3.03. The van der Waals surface area contributed by atoms with Gasteiger partial charge < -0.3 is 4.90 Å². The van der Waals surface area contributed by atoms with Crippen molar-refractivity contribution in [1.29, 1.82) is 0 Å². The molecule has 0 bridgehead atoms. The molecule has 0 aliphatic rings. The minimum absolute atomic E-state index is 0.0951. The SMILES string of the molecule is CCN(CC)C(=O)c1ccc(Cn2nc(C)cc2C)cc1. The van der Waals surface area contributed by atoms with E-state index in [1.165, 1.54) is 0 Å². The van der Waals surface area contributed by atoms with Gasteiger partial charge in [-0.15, -0.1) is 0 Å². The van der Waals surface area contributed by atoms with E-state index in [0.717, 1.165) is 42.1 Å². The lowest BCUT2D eigenvalue weighted by atomic mass is 10.1. The summed E-state index contributed by atoms with van der Waals surface area (Å²) in [7, 11) is 0. The predicted molar refractivity (Wildman–Crippen MR) is 84.5 cm³/mol.